The fourth-order valence-electron chi connectivity index (χ4n) is 3.09. The molecule has 0 radical (unpaired) electrons. The van der Waals surface area contributed by atoms with E-state index >= 15 is 0 Å². The first-order valence-electron chi connectivity index (χ1n) is 9.30. The molecule has 1 aromatic heterocycles. The van der Waals surface area contributed by atoms with Crippen molar-refractivity contribution < 1.29 is 28.0 Å². The van der Waals surface area contributed by atoms with Crippen LogP contribution in [0.2, 0.25) is 0 Å². The number of rotatable bonds is 7. The van der Waals surface area contributed by atoms with Crippen molar-refractivity contribution in [3.63, 3.8) is 0 Å². The summed E-state index contributed by atoms with van der Waals surface area (Å²) in [6, 6.07) is 7.59. The minimum Gasteiger partial charge on any atom is -0.466 e. The zero-order valence-electron chi connectivity index (χ0n) is 15.7. The summed E-state index contributed by atoms with van der Waals surface area (Å²) in [5, 5.41) is 3.90. The van der Waals surface area contributed by atoms with Gasteiger partial charge in [-0.2, -0.15) is 0 Å². The molecule has 1 aliphatic rings. The number of benzene rings is 1. The number of likely N-dealkylation sites (tertiary alicyclic amines) is 1. The lowest BCUT2D eigenvalue weighted by Gasteiger charge is -2.30. The number of halogens is 1. The molecule has 7 nitrogen and oxygen atoms in total. The first kappa shape index (κ1) is 20.0. The van der Waals surface area contributed by atoms with Gasteiger partial charge in [0.05, 0.1) is 19.1 Å². The first-order valence-corrected chi connectivity index (χ1v) is 9.30. The summed E-state index contributed by atoms with van der Waals surface area (Å²) in [4.78, 5) is 25.7. The van der Waals surface area contributed by atoms with Gasteiger partial charge in [-0.1, -0.05) is 5.16 Å². The molecule has 1 fully saturated rings. The van der Waals surface area contributed by atoms with Crippen molar-refractivity contribution >= 4 is 11.9 Å². The van der Waals surface area contributed by atoms with Crippen molar-refractivity contribution in [1.82, 2.24) is 10.1 Å². The monoisotopic (exact) mass is 390 g/mol. The summed E-state index contributed by atoms with van der Waals surface area (Å²) < 4.78 is 28.7. The minimum absolute atomic E-state index is 0.0667. The Balaban J connectivity index is 1.41. The van der Waals surface area contributed by atoms with Crippen LogP contribution in [0.25, 0.3) is 11.3 Å². The third-order valence-electron chi connectivity index (χ3n) is 4.63. The first-order chi connectivity index (χ1) is 13.6. The number of hydrogen-bond donors (Lipinski definition) is 0. The van der Waals surface area contributed by atoms with E-state index in [-0.39, 0.29) is 36.8 Å². The minimum atomic E-state index is -0.323. The molecular weight excluding hydrogens is 367 g/mol. The van der Waals surface area contributed by atoms with Gasteiger partial charge >= 0.3 is 5.97 Å². The van der Waals surface area contributed by atoms with Crippen molar-refractivity contribution in [2.24, 2.45) is 5.92 Å². The quantitative estimate of drug-likeness (QED) is 0.676. The number of amides is 1. The Morgan fingerprint density at radius 3 is 2.64 bits per heavy atom. The average molecular weight is 390 g/mol. The zero-order chi connectivity index (χ0) is 19.9. The van der Waals surface area contributed by atoms with Gasteiger partial charge in [-0.25, -0.2) is 4.39 Å². The number of carbonyl (C=O) groups excluding carboxylic acids is 2. The third-order valence-corrected chi connectivity index (χ3v) is 4.63. The Kier molecular flexibility index (Phi) is 6.76. The maximum absolute atomic E-state index is 13.0. The summed E-state index contributed by atoms with van der Waals surface area (Å²) in [5.74, 6) is -0.258. The predicted molar refractivity (Wildman–Crippen MR) is 97.5 cm³/mol. The van der Waals surface area contributed by atoms with Gasteiger partial charge in [-0.05, 0) is 44.0 Å². The lowest BCUT2D eigenvalue weighted by molar-refractivity contribution is -0.152. The van der Waals surface area contributed by atoms with E-state index in [2.05, 4.69) is 5.16 Å². The van der Waals surface area contributed by atoms with E-state index in [1.54, 1.807) is 30.0 Å². The molecule has 150 valence electrons. The van der Waals surface area contributed by atoms with Crippen molar-refractivity contribution in [3.05, 3.63) is 41.8 Å². The summed E-state index contributed by atoms with van der Waals surface area (Å²) in [5.41, 5.74) is 1.26. The highest BCUT2D eigenvalue weighted by molar-refractivity contribution is 5.78. The molecule has 0 spiro atoms. The van der Waals surface area contributed by atoms with Crippen LogP contribution in [0.1, 0.15) is 25.5 Å². The van der Waals surface area contributed by atoms with Crippen LogP contribution >= 0.6 is 0 Å². The summed E-state index contributed by atoms with van der Waals surface area (Å²) in [6.07, 6.45) is 1.21. The fourth-order valence-corrected chi connectivity index (χ4v) is 3.09. The Morgan fingerprint density at radius 1 is 1.25 bits per heavy atom. The Hall–Kier alpha value is -2.74. The normalized spacial score (nSPS) is 14.9. The lowest BCUT2D eigenvalue weighted by atomic mass is 9.97. The molecular formula is C20H23FN2O5. The molecule has 2 aromatic rings. The second kappa shape index (κ2) is 9.45. The van der Waals surface area contributed by atoms with Gasteiger partial charge in [-0.3, -0.25) is 9.59 Å². The van der Waals surface area contributed by atoms with Crippen molar-refractivity contribution in [3.8, 4) is 11.3 Å². The molecule has 0 bridgehead atoms. The fraction of sp³-hybridized carbons (Fsp3) is 0.450. The van der Waals surface area contributed by atoms with Crippen LogP contribution < -0.4 is 0 Å². The molecule has 0 saturated carbocycles. The van der Waals surface area contributed by atoms with Crippen LogP contribution in [0.3, 0.4) is 0 Å². The SMILES string of the molecule is CCOC(=O)C1CCN(C(=O)COCc2cc(-c3ccc(F)cc3)on2)CC1. The van der Waals surface area contributed by atoms with E-state index in [1.807, 2.05) is 0 Å². The second-order valence-corrected chi connectivity index (χ2v) is 6.59. The van der Waals surface area contributed by atoms with Gasteiger partial charge in [0.15, 0.2) is 5.76 Å². The van der Waals surface area contributed by atoms with E-state index in [4.69, 9.17) is 14.0 Å². The van der Waals surface area contributed by atoms with Gasteiger partial charge in [0.1, 0.15) is 18.1 Å². The van der Waals surface area contributed by atoms with Crippen molar-refractivity contribution in [2.75, 3.05) is 26.3 Å². The highest BCUT2D eigenvalue weighted by Crippen LogP contribution is 2.21. The maximum atomic E-state index is 13.0. The molecule has 0 unspecified atom stereocenters. The molecule has 1 amide bonds. The standard InChI is InChI=1S/C20H23FN2O5/c1-2-27-20(25)15-7-9-23(10-8-15)19(24)13-26-12-17-11-18(28-22-17)14-3-5-16(21)6-4-14/h3-6,11,15H,2,7-10,12-13H2,1H3. The van der Waals surface area contributed by atoms with E-state index in [0.29, 0.717) is 49.6 Å². The lowest BCUT2D eigenvalue weighted by Crippen LogP contribution is -2.42. The molecule has 1 saturated heterocycles. The number of carbonyl (C=O) groups is 2. The van der Waals surface area contributed by atoms with Gasteiger partial charge < -0.3 is 18.9 Å². The molecule has 0 N–H and O–H groups in total. The van der Waals surface area contributed by atoms with Crippen LogP contribution in [-0.2, 0) is 25.7 Å². The molecule has 8 heteroatoms. The molecule has 1 aromatic carbocycles. The topological polar surface area (TPSA) is 81.9 Å². The van der Waals surface area contributed by atoms with Crippen LogP contribution in [0.15, 0.2) is 34.9 Å². The van der Waals surface area contributed by atoms with E-state index in [0.717, 1.165) is 0 Å². The zero-order valence-corrected chi connectivity index (χ0v) is 15.7. The molecule has 3 rings (SSSR count). The number of piperidine rings is 1. The molecule has 0 atom stereocenters. The van der Waals surface area contributed by atoms with Gasteiger partial charge in [0.2, 0.25) is 5.91 Å². The summed E-state index contributed by atoms with van der Waals surface area (Å²) >= 11 is 0. The van der Waals surface area contributed by atoms with Gasteiger partial charge in [-0.15, -0.1) is 0 Å². The van der Waals surface area contributed by atoms with E-state index in [9.17, 15) is 14.0 Å². The predicted octanol–water partition coefficient (Wildman–Crippen LogP) is 2.80. The van der Waals surface area contributed by atoms with Crippen LogP contribution in [0.4, 0.5) is 4.39 Å². The third kappa shape index (κ3) is 5.16. The van der Waals surface area contributed by atoms with Crippen LogP contribution in [0, 0.1) is 11.7 Å². The van der Waals surface area contributed by atoms with Gasteiger partial charge in [0, 0.05) is 24.7 Å². The highest BCUT2D eigenvalue weighted by Gasteiger charge is 2.28. The number of nitrogens with zero attached hydrogens (tertiary/aromatic N) is 2. The van der Waals surface area contributed by atoms with E-state index < -0.39 is 0 Å². The largest absolute Gasteiger partial charge is 0.466 e. The average Bonchev–Trinajstić information content (AvgIpc) is 3.17. The van der Waals surface area contributed by atoms with Crippen LogP contribution in [-0.4, -0.2) is 48.2 Å². The molecule has 2 heterocycles. The molecule has 1 aliphatic heterocycles. The Bertz CT molecular complexity index is 797. The van der Waals surface area contributed by atoms with Gasteiger partial charge in [0.25, 0.3) is 0 Å². The van der Waals surface area contributed by atoms with Crippen molar-refractivity contribution in [2.45, 2.75) is 26.4 Å². The smallest absolute Gasteiger partial charge is 0.309 e. The highest BCUT2D eigenvalue weighted by atomic mass is 19.1. The number of hydrogen-bond acceptors (Lipinski definition) is 6. The van der Waals surface area contributed by atoms with Crippen LogP contribution in [0.5, 0.6) is 0 Å². The van der Waals surface area contributed by atoms with E-state index in [1.165, 1.54) is 12.1 Å². The number of aromatic nitrogens is 1. The summed E-state index contributed by atoms with van der Waals surface area (Å²) in [6.45, 7) is 3.26. The molecule has 0 aliphatic carbocycles. The number of ether oxygens (including phenoxy) is 2. The molecule has 28 heavy (non-hydrogen) atoms. The number of esters is 1. The summed E-state index contributed by atoms with van der Waals surface area (Å²) in [7, 11) is 0. The van der Waals surface area contributed by atoms with Crippen molar-refractivity contribution in [1.29, 1.82) is 0 Å². The Morgan fingerprint density at radius 2 is 1.96 bits per heavy atom. The maximum Gasteiger partial charge on any atom is 0.309 e. The second-order valence-electron chi connectivity index (χ2n) is 6.59. The Labute approximate surface area is 162 Å².